The Morgan fingerprint density at radius 1 is 1.53 bits per heavy atom. The van der Waals surface area contributed by atoms with Gasteiger partial charge in [-0.25, -0.2) is 0 Å². The number of carbonyl (C=O) groups excluding carboxylic acids is 1. The summed E-state index contributed by atoms with van der Waals surface area (Å²) in [5.74, 6) is 0.387. The third kappa shape index (κ3) is 2.25. The Kier molecular flexibility index (Phi) is 3.50. The molecule has 1 atom stereocenters. The summed E-state index contributed by atoms with van der Waals surface area (Å²) in [5, 5.41) is 2.12. The lowest BCUT2D eigenvalue weighted by Gasteiger charge is -2.34. The third-order valence-electron chi connectivity index (χ3n) is 3.53. The fourth-order valence-electron chi connectivity index (χ4n) is 2.65. The molecule has 0 saturated heterocycles. The first kappa shape index (κ1) is 12.9. The lowest BCUT2D eigenvalue weighted by atomic mass is 9.97. The predicted octanol–water partition coefficient (Wildman–Crippen LogP) is 4.25. The molecule has 0 N–H and O–H groups in total. The van der Waals surface area contributed by atoms with Gasteiger partial charge in [0.25, 0.3) is 5.91 Å². The standard InChI is InChI=1S/C14H14BrNO2S/c1-2-10-9-6-8-19-12(9)5-7-16(10)14(17)11-3-4-13(15)18-11/h3-4,6,8,10H,2,5,7H2,1H3. The molecule has 0 spiro atoms. The maximum absolute atomic E-state index is 12.5. The van der Waals surface area contributed by atoms with Crippen LogP contribution in [0.1, 0.15) is 40.4 Å². The number of halogens is 1. The summed E-state index contributed by atoms with van der Waals surface area (Å²) in [4.78, 5) is 15.9. The first-order chi connectivity index (χ1) is 9.20. The second-order valence-electron chi connectivity index (χ2n) is 4.58. The summed E-state index contributed by atoms with van der Waals surface area (Å²) in [6, 6.07) is 5.80. The summed E-state index contributed by atoms with van der Waals surface area (Å²) < 4.78 is 5.98. The van der Waals surface area contributed by atoms with Crippen molar-refractivity contribution in [3.05, 3.63) is 44.4 Å². The van der Waals surface area contributed by atoms with Crippen LogP contribution < -0.4 is 0 Å². The number of fused-ring (bicyclic) bond motifs is 1. The molecule has 0 bridgehead atoms. The number of furan rings is 1. The molecule has 0 aliphatic carbocycles. The maximum atomic E-state index is 12.5. The topological polar surface area (TPSA) is 33.5 Å². The number of carbonyl (C=O) groups is 1. The number of amides is 1. The molecule has 1 aliphatic rings. The molecule has 1 amide bonds. The van der Waals surface area contributed by atoms with Crippen molar-refractivity contribution >= 4 is 33.2 Å². The molecule has 0 saturated carbocycles. The number of nitrogens with zero attached hydrogens (tertiary/aromatic N) is 1. The lowest BCUT2D eigenvalue weighted by Crippen LogP contribution is -2.39. The van der Waals surface area contributed by atoms with E-state index in [-0.39, 0.29) is 11.9 Å². The van der Waals surface area contributed by atoms with Crippen LogP contribution in [0.2, 0.25) is 0 Å². The third-order valence-corrected chi connectivity index (χ3v) is 4.95. The molecule has 19 heavy (non-hydrogen) atoms. The summed E-state index contributed by atoms with van der Waals surface area (Å²) in [5.41, 5.74) is 1.30. The van der Waals surface area contributed by atoms with Gasteiger partial charge < -0.3 is 9.32 Å². The van der Waals surface area contributed by atoms with E-state index in [1.165, 1.54) is 10.4 Å². The zero-order valence-corrected chi connectivity index (χ0v) is 13.0. The van der Waals surface area contributed by atoms with E-state index < -0.39 is 0 Å². The Morgan fingerprint density at radius 3 is 3.05 bits per heavy atom. The van der Waals surface area contributed by atoms with Gasteiger partial charge in [0.15, 0.2) is 10.4 Å². The van der Waals surface area contributed by atoms with E-state index in [1.54, 1.807) is 23.5 Å². The van der Waals surface area contributed by atoms with Gasteiger partial charge >= 0.3 is 0 Å². The van der Waals surface area contributed by atoms with Gasteiger partial charge in [-0.3, -0.25) is 4.79 Å². The molecular weight excluding hydrogens is 326 g/mol. The number of thiophene rings is 1. The fourth-order valence-corrected chi connectivity index (χ4v) is 3.89. The average molecular weight is 340 g/mol. The highest BCUT2D eigenvalue weighted by Crippen LogP contribution is 2.36. The van der Waals surface area contributed by atoms with Crippen molar-refractivity contribution in [2.24, 2.45) is 0 Å². The van der Waals surface area contributed by atoms with Gasteiger partial charge in [0.05, 0.1) is 6.04 Å². The first-order valence-electron chi connectivity index (χ1n) is 6.33. The van der Waals surface area contributed by atoms with Gasteiger partial charge in [-0.15, -0.1) is 11.3 Å². The van der Waals surface area contributed by atoms with Gasteiger partial charge in [-0.2, -0.15) is 0 Å². The van der Waals surface area contributed by atoms with Crippen molar-refractivity contribution in [1.29, 1.82) is 0 Å². The van der Waals surface area contributed by atoms with Crippen LogP contribution in [0, 0.1) is 0 Å². The van der Waals surface area contributed by atoms with Crippen LogP contribution in [0.5, 0.6) is 0 Å². The van der Waals surface area contributed by atoms with E-state index in [2.05, 4.69) is 34.3 Å². The highest BCUT2D eigenvalue weighted by Gasteiger charge is 2.32. The quantitative estimate of drug-likeness (QED) is 0.819. The Hall–Kier alpha value is -1.07. The molecular formula is C14H14BrNO2S. The van der Waals surface area contributed by atoms with Crippen molar-refractivity contribution in [2.75, 3.05) is 6.54 Å². The van der Waals surface area contributed by atoms with Crippen LogP contribution in [0.4, 0.5) is 0 Å². The molecule has 2 aromatic rings. The van der Waals surface area contributed by atoms with Crippen molar-refractivity contribution in [3.63, 3.8) is 0 Å². The largest absolute Gasteiger partial charge is 0.444 e. The van der Waals surface area contributed by atoms with Crippen molar-refractivity contribution in [2.45, 2.75) is 25.8 Å². The summed E-state index contributed by atoms with van der Waals surface area (Å²) in [6.07, 6.45) is 1.87. The number of hydrogen-bond acceptors (Lipinski definition) is 3. The summed E-state index contributed by atoms with van der Waals surface area (Å²) >= 11 is 5.03. The van der Waals surface area contributed by atoms with Crippen LogP contribution in [0.15, 0.2) is 32.7 Å². The minimum absolute atomic E-state index is 0.0191. The van der Waals surface area contributed by atoms with Crippen molar-refractivity contribution in [3.8, 4) is 0 Å². The van der Waals surface area contributed by atoms with Gasteiger partial charge in [-0.1, -0.05) is 6.92 Å². The average Bonchev–Trinajstić information content (AvgIpc) is 3.04. The molecule has 2 aromatic heterocycles. The summed E-state index contributed by atoms with van der Waals surface area (Å²) in [6.45, 7) is 2.89. The van der Waals surface area contributed by atoms with E-state index >= 15 is 0 Å². The molecule has 5 heteroatoms. The molecule has 1 aliphatic heterocycles. The molecule has 3 heterocycles. The van der Waals surface area contributed by atoms with Gasteiger partial charge in [-0.05, 0) is 57.9 Å². The van der Waals surface area contributed by atoms with Crippen LogP contribution in [0.3, 0.4) is 0 Å². The summed E-state index contributed by atoms with van der Waals surface area (Å²) in [7, 11) is 0. The number of hydrogen-bond donors (Lipinski definition) is 0. The van der Waals surface area contributed by atoms with E-state index in [4.69, 9.17) is 4.42 Å². The maximum Gasteiger partial charge on any atom is 0.290 e. The minimum atomic E-state index is -0.0191. The molecule has 100 valence electrons. The molecule has 0 fully saturated rings. The van der Waals surface area contributed by atoms with Crippen LogP contribution in [-0.2, 0) is 6.42 Å². The molecule has 0 radical (unpaired) electrons. The Labute approximate surface area is 124 Å². The van der Waals surface area contributed by atoms with E-state index in [1.807, 2.05) is 4.90 Å². The second-order valence-corrected chi connectivity index (χ2v) is 6.36. The zero-order valence-electron chi connectivity index (χ0n) is 10.6. The Morgan fingerprint density at radius 2 is 2.37 bits per heavy atom. The van der Waals surface area contributed by atoms with Crippen molar-refractivity contribution < 1.29 is 9.21 Å². The fraction of sp³-hybridized carbons (Fsp3) is 0.357. The molecule has 3 rings (SSSR count). The first-order valence-corrected chi connectivity index (χ1v) is 8.00. The Bertz CT molecular complexity index is 604. The second kappa shape index (κ2) is 5.13. The van der Waals surface area contributed by atoms with Gasteiger partial charge in [0.2, 0.25) is 0 Å². The predicted molar refractivity (Wildman–Crippen MR) is 78.5 cm³/mol. The van der Waals surface area contributed by atoms with E-state index in [9.17, 15) is 4.79 Å². The SMILES string of the molecule is CCC1c2ccsc2CCN1C(=O)c1ccc(Br)o1. The molecule has 1 unspecified atom stereocenters. The Balaban J connectivity index is 1.91. The zero-order chi connectivity index (χ0) is 13.4. The highest BCUT2D eigenvalue weighted by atomic mass is 79.9. The van der Waals surface area contributed by atoms with Gasteiger partial charge in [0.1, 0.15) is 0 Å². The minimum Gasteiger partial charge on any atom is -0.444 e. The van der Waals surface area contributed by atoms with Crippen LogP contribution in [-0.4, -0.2) is 17.4 Å². The van der Waals surface area contributed by atoms with Crippen LogP contribution in [0.25, 0.3) is 0 Å². The lowest BCUT2D eigenvalue weighted by molar-refractivity contribution is 0.0623. The van der Waals surface area contributed by atoms with E-state index in [0.717, 1.165) is 19.4 Å². The molecule has 3 nitrogen and oxygen atoms in total. The van der Waals surface area contributed by atoms with Crippen molar-refractivity contribution in [1.82, 2.24) is 4.90 Å². The normalized spacial score (nSPS) is 18.4. The van der Waals surface area contributed by atoms with Gasteiger partial charge in [0, 0.05) is 11.4 Å². The van der Waals surface area contributed by atoms with Crippen LogP contribution >= 0.6 is 27.3 Å². The highest BCUT2D eigenvalue weighted by molar-refractivity contribution is 9.10. The van der Waals surface area contributed by atoms with E-state index in [0.29, 0.717) is 10.4 Å². The smallest absolute Gasteiger partial charge is 0.290 e. The molecule has 0 aromatic carbocycles. The monoisotopic (exact) mass is 339 g/mol. The number of rotatable bonds is 2.